The molecule has 0 heterocycles. The Morgan fingerprint density at radius 2 is 1.86 bits per heavy atom. The topological polar surface area (TPSA) is 84.5 Å². The molecule has 0 radical (unpaired) electrons. The zero-order chi connectivity index (χ0) is 16.5. The Kier molecular flexibility index (Phi) is 7.39. The lowest BCUT2D eigenvalue weighted by Crippen LogP contribution is -2.38. The third kappa shape index (κ3) is 5.73. The molecule has 22 heavy (non-hydrogen) atoms. The fourth-order valence-corrected chi connectivity index (χ4v) is 1.84. The highest BCUT2D eigenvalue weighted by Gasteiger charge is 2.13. The normalized spacial score (nSPS) is 9.95. The Balaban J connectivity index is 2.59. The van der Waals surface area contributed by atoms with Crippen LogP contribution in [0.1, 0.15) is 30.6 Å². The van der Waals surface area contributed by atoms with Gasteiger partial charge in [-0.25, -0.2) is 0 Å². The average Bonchev–Trinajstić information content (AvgIpc) is 2.51. The third-order valence-corrected chi connectivity index (χ3v) is 2.98. The molecule has 0 aliphatic heterocycles. The summed E-state index contributed by atoms with van der Waals surface area (Å²) in [6.45, 7) is 3.61. The number of likely N-dealkylation sites (N-methyl/N-ethyl adjacent to an activating group) is 1. The molecule has 1 rings (SSSR count). The SMILES string of the molecule is CCNC(=O)CNC(=O)COc1ccc(Cl)cc1C(=O)CC. The predicted molar refractivity (Wildman–Crippen MR) is 83.3 cm³/mol. The number of carbonyl (C=O) groups is 3. The highest BCUT2D eigenvalue weighted by atomic mass is 35.5. The van der Waals surface area contributed by atoms with Crippen LogP contribution in [0.5, 0.6) is 5.75 Å². The number of ketones is 1. The zero-order valence-corrected chi connectivity index (χ0v) is 13.3. The minimum absolute atomic E-state index is 0.114. The van der Waals surface area contributed by atoms with E-state index in [0.717, 1.165) is 0 Å². The lowest BCUT2D eigenvalue weighted by Gasteiger charge is -2.11. The first kappa shape index (κ1) is 18.0. The van der Waals surface area contributed by atoms with Gasteiger partial charge in [0.2, 0.25) is 5.91 Å². The van der Waals surface area contributed by atoms with E-state index in [1.165, 1.54) is 6.07 Å². The molecule has 0 saturated carbocycles. The fourth-order valence-electron chi connectivity index (χ4n) is 1.67. The van der Waals surface area contributed by atoms with Crippen molar-refractivity contribution in [3.63, 3.8) is 0 Å². The maximum Gasteiger partial charge on any atom is 0.258 e. The molecular formula is C15H19ClN2O4. The minimum atomic E-state index is -0.448. The first-order valence-corrected chi connectivity index (χ1v) is 7.34. The van der Waals surface area contributed by atoms with Gasteiger partial charge in [0.05, 0.1) is 12.1 Å². The van der Waals surface area contributed by atoms with Crippen LogP contribution in [-0.4, -0.2) is 37.3 Å². The van der Waals surface area contributed by atoms with Crippen LogP contribution in [0.2, 0.25) is 5.02 Å². The van der Waals surface area contributed by atoms with Crippen LogP contribution >= 0.6 is 11.6 Å². The van der Waals surface area contributed by atoms with Crippen molar-refractivity contribution in [1.29, 1.82) is 0 Å². The summed E-state index contributed by atoms with van der Waals surface area (Å²) in [5, 5.41) is 5.40. The van der Waals surface area contributed by atoms with Gasteiger partial charge in [-0.1, -0.05) is 18.5 Å². The number of nitrogens with one attached hydrogen (secondary N) is 2. The van der Waals surface area contributed by atoms with Crippen molar-refractivity contribution in [3.05, 3.63) is 28.8 Å². The van der Waals surface area contributed by atoms with Crippen LogP contribution in [0.15, 0.2) is 18.2 Å². The van der Waals surface area contributed by atoms with E-state index in [1.807, 2.05) is 0 Å². The van der Waals surface area contributed by atoms with Crippen LogP contribution in [0.25, 0.3) is 0 Å². The van der Waals surface area contributed by atoms with Gasteiger partial charge in [-0.05, 0) is 25.1 Å². The van der Waals surface area contributed by atoms with Gasteiger partial charge >= 0.3 is 0 Å². The molecule has 0 unspecified atom stereocenters. The second kappa shape index (κ2) is 9.04. The van der Waals surface area contributed by atoms with Crippen LogP contribution in [0.4, 0.5) is 0 Å². The molecule has 120 valence electrons. The van der Waals surface area contributed by atoms with Gasteiger partial charge in [0.15, 0.2) is 12.4 Å². The van der Waals surface area contributed by atoms with Gasteiger partial charge < -0.3 is 15.4 Å². The van der Waals surface area contributed by atoms with E-state index in [2.05, 4.69) is 10.6 Å². The Hall–Kier alpha value is -2.08. The molecule has 0 spiro atoms. The standard InChI is InChI=1S/C15H19ClN2O4/c1-3-12(19)11-7-10(16)5-6-13(11)22-9-15(21)18-8-14(20)17-4-2/h5-7H,3-4,8-9H2,1-2H3,(H,17,20)(H,18,21). The molecule has 0 aromatic heterocycles. The number of amides is 2. The Bertz CT molecular complexity index is 560. The number of benzene rings is 1. The van der Waals surface area contributed by atoms with Gasteiger partial charge in [-0.15, -0.1) is 0 Å². The summed E-state index contributed by atoms with van der Waals surface area (Å²) < 4.78 is 5.35. The monoisotopic (exact) mass is 326 g/mol. The second-order valence-corrected chi connectivity index (χ2v) is 4.87. The maximum absolute atomic E-state index is 11.8. The van der Waals surface area contributed by atoms with E-state index in [-0.39, 0.29) is 24.8 Å². The molecule has 6 nitrogen and oxygen atoms in total. The maximum atomic E-state index is 11.8. The second-order valence-electron chi connectivity index (χ2n) is 4.44. The molecule has 0 fully saturated rings. The highest BCUT2D eigenvalue weighted by Crippen LogP contribution is 2.24. The molecule has 1 aromatic rings. The molecule has 2 N–H and O–H groups in total. The molecule has 0 aliphatic rings. The zero-order valence-electron chi connectivity index (χ0n) is 12.6. The molecule has 0 saturated heterocycles. The van der Waals surface area contributed by atoms with Crippen molar-refractivity contribution < 1.29 is 19.1 Å². The number of rotatable bonds is 8. The predicted octanol–water partition coefficient (Wildman–Crippen LogP) is 1.56. The van der Waals surface area contributed by atoms with E-state index in [9.17, 15) is 14.4 Å². The molecular weight excluding hydrogens is 308 g/mol. The molecule has 0 bridgehead atoms. The summed E-state index contributed by atoms with van der Waals surface area (Å²) in [6, 6.07) is 4.63. The van der Waals surface area contributed by atoms with Crippen LogP contribution < -0.4 is 15.4 Å². The quantitative estimate of drug-likeness (QED) is 0.710. The average molecular weight is 327 g/mol. The molecule has 7 heteroatoms. The molecule has 0 atom stereocenters. The number of hydrogen-bond donors (Lipinski definition) is 2. The van der Waals surface area contributed by atoms with Crippen LogP contribution in [0.3, 0.4) is 0 Å². The molecule has 0 aliphatic carbocycles. The minimum Gasteiger partial charge on any atom is -0.483 e. The summed E-state index contributed by atoms with van der Waals surface area (Å²) in [6.07, 6.45) is 0.306. The van der Waals surface area contributed by atoms with Crippen molar-refractivity contribution in [1.82, 2.24) is 10.6 Å². The largest absolute Gasteiger partial charge is 0.483 e. The van der Waals surface area contributed by atoms with Crippen molar-refractivity contribution >= 4 is 29.2 Å². The van der Waals surface area contributed by atoms with Crippen LogP contribution in [0, 0.1) is 0 Å². The lowest BCUT2D eigenvalue weighted by molar-refractivity contribution is -0.127. The van der Waals surface area contributed by atoms with E-state index in [1.54, 1.807) is 26.0 Å². The summed E-state index contributed by atoms with van der Waals surface area (Å²) >= 11 is 5.86. The Morgan fingerprint density at radius 1 is 1.14 bits per heavy atom. The number of Topliss-reactive ketones (excluding diaryl/α,β-unsaturated/α-hetero) is 1. The highest BCUT2D eigenvalue weighted by molar-refractivity contribution is 6.31. The molecule has 2 amide bonds. The summed E-state index contributed by atoms with van der Waals surface area (Å²) in [5.74, 6) is -0.551. The van der Waals surface area contributed by atoms with Crippen molar-refractivity contribution in [3.8, 4) is 5.75 Å². The number of hydrogen-bond acceptors (Lipinski definition) is 4. The summed E-state index contributed by atoms with van der Waals surface area (Å²) in [5.41, 5.74) is 0.339. The summed E-state index contributed by atoms with van der Waals surface area (Å²) in [7, 11) is 0. The first-order valence-electron chi connectivity index (χ1n) is 6.96. The third-order valence-electron chi connectivity index (χ3n) is 2.74. The van der Waals surface area contributed by atoms with Crippen molar-refractivity contribution in [2.75, 3.05) is 19.7 Å². The van der Waals surface area contributed by atoms with Crippen molar-refractivity contribution in [2.24, 2.45) is 0 Å². The van der Waals surface area contributed by atoms with Gasteiger partial charge in [-0.3, -0.25) is 14.4 Å². The lowest BCUT2D eigenvalue weighted by atomic mass is 10.1. The summed E-state index contributed by atoms with van der Waals surface area (Å²) in [4.78, 5) is 34.7. The molecule has 1 aromatic carbocycles. The van der Waals surface area contributed by atoms with Crippen molar-refractivity contribution in [2.45, 2.75) is 20.3 Å². The fraction of sp³-hybridized carbons (Fsp3) is 0.400. The van der Waals surface area contributed by atoms with Gasteiger partial charge in [0, 0.05) is 18.0 Å². The number of halogens is 1. The smallest absolute Gasteiger partial charge is 0.258 e. The van der Waals surface area contributed by atoms with Crippen LogP contribution in [-0.2, 0) is 9.59 Å². The number of carbonyl (C=O) groups excluding carboxylic acids is 3. The van der Waals surface area contributed by atoms with Gasteiger partial charge in [0.25, 0.3) is 5.91 Å². The van der Waals surface area contributed by atoms with Gasteiger partial charge in [0.1, 0.15) is 5.75 Å². The first-order chi connectivity index (χ1) is 10.5. The van der Waals surface area contributed by atoms with E-state index >= 15 is 0 Å². The van der Waals surface area contributed by atoms with E-state index in [4.69, 9.17) is 16.3 Å². The number of ether oxygens (including phenoxy) is 1. The van der Waals surface area contributed by atoms with E-state index < -0.39 is 5.91 Å². The van der Waals surface area contributed by atoms with E-state index in [0.29, 0.717) is 29.3 Å². The Labute approximate surface area is 134 Å². The Morgan fingerprint density at radius 3 is 2.50 bits per heavy atom. The van der Waals surface area contributed by atoms with Gasteiger partial charge in [-0.2, -0.15) is 0 Å².